The fraction of sp³-hybridized carbons (Fsp3) is 0.636. The van der Waals surface area contributed by atoms with E-state index >= 15 is 0 Å². The molecule has 2 saturated heterocycles. The van der Waals surface area contributed by atoms with Crippen molar-refractivity contribution in [3.8, 4) is 0 Å². The van der Waals surface area contributed by atoms with Gasteiger partial charge < -0.3 is 19.6 Å². The lowest BCUT2D eigenvalue weighted by atomic mass is 10.1. The second-order valence-electron chi connectivity index (χ2n) is 9.25. The molecule has 1 aromatic carbocycles. The molecule has 0 unspecified atom stereocenters. The van der Waals surface area contributed by atoms with Crippen LogP contribution in [0.4, 0.5) is 11.4 Å². The van der Waals surface area contributed by atoms with Crippen LogP contribution in [0.3, 0.4) is 0 Å². The van der Waals surface area contributed by atoms with Gasteiger partial charge in [-0.1, -0.05) is 6.07 Å². The Bertz CT molecular complexity index is 636. The van der Waals surface area contributed by atoms with Gasteiger partial charge in [-0.25, -0.2) is 0 Å². The lowest BCUT2D eigenvalue weighted by Gasteiger charge is -2.37. The number of nitrogens with one attached hydrogen (secondary N) is 2. The van der Waals surface area contributed by atoms with Crippen LogP contribution in [0.15, 0.2) is 24.3 Å². The van der Waals surface area contributed by atoms with E-state index in [1.165, 1.54) is 38.5 Å². The number of anilines is 2. The first-order valence-electron chi connectivity index (χ1n) is 10.7. The first-order valence-corrected chi connectivity index (χ1v) is 10.7. The Kier molecular flexibility index (Phi) is 6.73. The van der Waals surface area contributed by atoms with E-state index in [9.17, 15) is 9.59 Å². The maximum Gasteiger partial charge on any atom is 0.279 e. The van der Waals surface area contributed by atoms with Gasteiger partial charge >= 0.3 is 0 Å². The molecule has 2 aliphatic heterocycles. The van der Waals surface area contributed by atoms with E-state index in [4.69, 9.17) is 0 Å². The number of piperidine rings is 2. The van der Waals surface area contributed by atoms with Gasteiger partial charge in [-0.05, 0) is 56.7 Å². The molecule has 3 rings (SSSR count). The number of benzene rings is 1. The summed E-state index contributed by atoms with van der Waals surface area (Å²) in [6.45, 7) is 5.29. The van der Waals surface area contributed by atoms with Crippen molar-refractivity contribution in [1.82, 2.24) is 0 Å². The zero-order valence-electron chi connectivity index (χ0n) is 17.5. The highest BCUT2D eigenvalue weighted by molar-refractivity contribution is 5.94. The van der Waals surface area contributed by atoms with Crippen LogP contribution in [0.25, 0.3) is 0 Å². The highest BCUT2D eigenvalue weighted by atomic mass is 16.2. The normalized spacial score (nSPS) is 20.9. The zero-order valence-corrected chi connectivity index (χ0v) is 17.5. The number of likely N-dealkylation sites (N-methyl/N-ethyl adjacent to an activating group) is 2. The Balaban J connectivity index is 1.53. The predicted octanol–water partition coefficient (Wildman–Crippen LogP) is 2.82. The van der Waals surface area contributed by atoms with Crippen LogP contribution in [0.5, 0.6) is 0 Å². The van der Waals surface area contributed by atoms with E-state index in [2.05, 4.69) is 24.7 Å². The van der Waals surface area contributed by atoms with Crippen LogP contribution < -0.4 is 10.6 Å². The van der Waals surface area contributed by atoms with Crippen molar-refractivity contribution in [3.05, 3.63) is 24.3 Å². The van der Waals surface area contributed by atoms with Crippen molar-refractivity contribution < 1.29 is 18.6 Å². The van der Waals surface area contributed by atoms with Crippen LogP contribution in [0.2, 0.25) is 0 Å². The molecule has 0 aromatic heterocycles. The van der Waals surface area contributed by atoms with Gasteiger partial charge in [-0.15, -0.1) is 0 Å². The number of quaternary nitrogens is 2. The molecule has 0 saturated carbocycles. The van der Waals surface area contributed by atoms with E-state index < -0.39 is 0 Å². The largest absolute Gasteiger partial charge is 0.321 e. The molecule has 6 nitrogen and oxygen atoms in total. The minimum absolute atomic E-state index is 0.0410. The quantitative estimate of drug-likeness (QED) is 0.736. The number of nitrogens with zero attached hydrogens (tertiary/aromatic N) is 2. The molecule has 0 aliphatic carbocycles. The second-order valence-corrected chi connectivity index (χ2v) is 9.25. The van der Waals surface area contributed by atoms with Gasteiger partial charge in [0, 0.05) is 11.4 Å². The van der Waals surface area contributed by atoms with Gasteiger partial charge in [0.25, 0.3) is 11.8 Å². The first-order chi connectivity index (χ1) is 13.4. The van der Waals surface area contributed by atoms with E-state index in [-0.39, 0.29) is 11.8 Å². The summed E-state index contributed by atoms with van der Waals surface area (Å²) in [6, 6.07) is 7.48. The molecule has 28 heavy (non-hydrogen) atoms. The maximum atomic E-state index is 12.5. The first kappa shape index (κ1) is 20.8. The van der Waals surface area contributed by atoms with Crippen LogP contribution >= 0.6 is 0 Å². The average molecular weight is 389 g/mol. The molecule has 6 heteroatoms. The van der Waals surface area contributed by atoms with Gasteiger partial charge in [-0.2, -0.15) is 0 Å². The molecule has 154 valence electrons. The van der Waals surface area contributed by atoms with Crippen molar-refractivity contribution in [2.24, 2.45) is 0 Å². The number of hydrogen-bond donors (Lipinski definition) is 2. The van der Waals surface area contributed by atoms with E-state index in [1.807, 2.05) is 24.3 Å². The number of likely N-dealkylation sites (tertiary alicyclic amines) is 2. The van der Waals surface area contributed by atoms with Gasteiger partial charge in [0.2, 0.25) is 0 Å². The molecule has 0 atom stereocenters. The fourth-order valence-corrected chi connectivity index (χ4v) is 4.64. The fourth-order valence-electron chi connectivity index (χ4n) is 4.64. The molecule has 0 spiro atoms. The van der Waals surface area contributed by atoms with Gasteiger partial charge in [0.15, 0.2) is 13.1 Å². The van der Waals surface area contributed by atoms with Gasteiger partial charge in [-0.3, -0.25) is 9.59 Å². The van der Waals surface area contributed by atoms with E-state index in [1.54, 1.807) is 0 Å². The van der Waals surface area contributed by atoms with E-state index in [0.717, 1.165) is 46.5 Å². The molecule has 1 aromatic rings. The molecule has 2 amide bonds. The number of rotatable bonds is 6. The van der Waals surface area contributed by atoms with Gasteiger partial charge in [0.05, 0.1) is 40.3 Å². The second kappa shape index (κ2) is 9.05. The summed E-state index contributed by atoms with van der Waals surface area (Å²) in [5.74, 6) is 0.0820. The molecule has 2 N–H and O–H groups in total. The Morgan fingerprint density at radius 3 is 1.54 bits per heavy atom. The molecule has 0 bridgehead atoms. The number of amides is 2. The summed E-state index contributed by atoms with van der Waals surface area (Å²) in [5.41, 5.74) is 1.48. The van der Waals surface area contributed by atoms with Crippen molar-refractivity contribution in [2.45, 2.75) is 38.5 Å². The summed E-state index contributed by atoms with van der Waals surface area (Å²) in [6.07, 6.45) is 7.33. The van der Waals surface area contributed by atoms with Crippen molar-refractivity contribution in [3.63, 3.8) is 0 Å². The minimum atomic E-state index is 0.0410. The highest BCUT2D eigenvalue weighted by Crippen LogP contribution is 2.19. The third-order valence-corrected chi connectivity index (χ3v) is 6.27. The van der Waals surface area contributed by atoms with Crippen LogP contribution in [-0.4, -0.2) is 74.1 Å². The number of carbonyl (C=O) groups is 2. The van der Waals surface area contributed by atoms with Crippen LogP contribution in [0, 0.1) is 0 Å². The number of carbonyl (C=O) groups excluding carboxylic acids is 2. The van der Waals surface area contributed by atoms with Crippen molar-refractivity contribution in [1.29, 1.82) is 0 Å². The summed E-state index contributed by atoms with van der Waals surface area (Å²) >= 11 is 0. The highest BCUT2D eigenvalue weighted by Gasteiger charge is 2.28. The Hall–Kier alpha value is -1.92. The summed E-state index contributed by atoms with van der Waals surface area (Å²) < 4.78 is 1.64. The molecular weight excluding hydrogens is 352 g/mol. The standard InChI is InChI=1S/C22H34N4O2/c1-25(12-5-3-6-13-25)17-21(27)23-19-10-9-11-20(16-19)24-22(28)18-26(2)14-7-4-8-15-26/h9-11,16H,3-8,12-15,17-18H2,1-2H3/p+2. The topological polar surface area (TPSA) is 58.2 Å². The average Bonchev–Trinajstić information content (AvgIpc) is 2.62. The van der Waals surface area contributed by atoms with Crippen molar-refractivity contribution in [2.75, 3.05) is 64.0 Å². The summed E-state index contributed by atoms with van der Waals surface area (Å²) in [5, 5.41) is 6.01. The van der Waals surface area contributed by atoms with Crippen molar-refractivity contribution >= 4 is 23.2 Å². The van der Waals surface area contributed by atoms with Crippen LogP contribution in [0.1, 0.15) is 38.5 Å². The van der Waals surface area contributed by atoms with Gasteiger partial charge in [0.1, 0.15) is 0 Å². The lowest BCUT2D eigenvalue weighted by Crippen LogP contribution is -2.52. The molecule has 0 radical (unpaired) electrons. The molecular formula is C22H36N4O2+2. The molecule has 2 aliphatic rings. The minimum Gasteiger partial charge on any atom is -0.321 e. The molecule has 2 heterocycles. The Labute approximate surface area is 169 Å². The summed E-state index contributed by atoms with van der Waals surface area (Å²) in [7, 11) is 4.33. The zero-order chi connectivity index (χ0) is 20.0. The Morgan fingerprint density at radius 2 is 1.14 bits per heavy atom. The van der Waals surface area contributed by atoms with E-state index in [0.29, 0.717) is 13.1 Å². The third kappa shape index (κ3) is 6.04. The third-order valence-electron chi connectivity index (χ3n) is 6.27. The Morgan fingerprint density at radius 1 is 0.750 bits per heavy atom. The smallest absolute Gasteiger partial charge is 0.279 e. The summed E-state index contributed by atoms with van der Waals surface area (Å²) in [4.78, 5) is 25.0. The maximum absolute atomic E-state index is 12.5. The SMILES string of the molecule is C[N+]1(CC(=O)Nc2cccc(NC(=O)C[N+]3(C)CCCCC3)c2)CCCCC1. The molecule has 2 fully saturated rings. The lowest BCUT2D eigenvalue weighted by molar-refractivity contribution is -0.906. The monoisotopic (exact) mass is 388 g/mol. The predicted molar refractivity (Wildman–Crippen MR) is 113 cm³/mol. The number of hydrogen-bond acceptors (Lipinski definition) is 2. The van der Waals surface area contributed by atoms with Crippen LogP contribution in [-0.2, 0) is 9.59 Å².